The topological polar surface area (TPSA) is 69.7 Å². The van der Waals surface area contributed by atoms with Gasteiger partial charge in [-0.25, -0.2) is 0 Å². The molecule has 1 aromatic rings. The molecular weight excluding hydrogens is 296 g/mol. The third-order valence-electron chi connectivity index (χ3n) is 4.00. The Morgan fingerprint density at radius 2 is 1.61 bits per heavy atom. The zero-order valence-corrected chi connectivity index (χ0v) is 13.2. The first-order chi connectivity index (χ1) is 11.1. The lowest BCUT2D eigenvalue weighted by Crippen LogP contribution is -2.33. The molecule has 2 rings (SSSR count). The van der Waals surface area contributed by atoms with Crippen LogP contribution in [-0.2, 0) is 23.9 Å². The second-order valence-electron chi connectivity index (χ2n) is 5.27. The SMILES string of the molecule is CCOC(=O)C1(C(=O)OCC)C(C=O)C1/C=C/c1ccccc1. The van der Waals surface area contributed by atoms with E-state index in [0.29, 0.717) is 6.29 Å². The van der Waals surface area contributed by atoms with Crippen LogP contribution in [0.3, 0.4) is 0 Å². The number of carbonyl (C=O) groups is 3. The molecule has 0 aliphatic heterocycles. The lowest BCUT2D eigenvalue weighted by molar-refractivity contribution is -0.166. The molecular formula is C18H20O5. The summed E-state index contributed by atoms with van der Waals surface area (Å²) in [5, 5.41) is 0. The molecule has 2 atom stereocenters. The summed E-state index contributed by atoms with van der Waals surface area (Å²) >= 11 is 0. The number of allylic oxidation sites excluding steroid dienone is 1. The average Bonchev–Trinajstić information content (AvgIpc) is 3.23. The van der Waals surface area contributed by atoms with Gasteiger partial charge in [0.25, 0.3) is 0 Å². The third-order valence-corrected chi connectivity index (χ3v) is 4.00. The van der Waals surface area contributed by atoms with E-state index in [2.05, 4.69) is 0 Å². The van der Waals surface area contributed by atoms with Crippen LogP contribution < -0.4 is 0 Å². The van der Waals surface area contributed by atoms with Crippen molar-refractivity contribution in [2.45, 2.75) is 13.8 Å². The predicted octanol–water partition coefficient (Wildman–Crippen LogP) is 2.26. The first kappa shape index (κ1) is 16.9. The van der Waals surface area contributed by atoms with E-state index in [-0.39, 0.29) is 13.2 Å². The Hall–Kier alpha value is -2.43. The van der Waals surface area contributed by atoms with E-state index in [1.54, 1.807) is 26.0 Å². The van der Waals surface area contributed by atoms with Gasteiger partial charge < -0.3 is 14.3 Å². The van der Waals surface area contributed by atoms with Gasteiger partial charge in [-0.05, 0) is 19.4 Å². The highest BCUT2D eigenvalue weighted by Gasteiger charge is 2.75. The zero-order chi connectivity index (χ0) is 16.9. The molecule has 0 heterocycles. The minimum absolute atomic E-state index is 0.140. The van der Waals surface area contributed by atoms with Crippen LogP contribution in [0.15, 0.2) is 36.4 Å². The lowest BCUT2D eigenvalue weighted by atomic mass is 10.0. The van der Waals surface area contributed by atoms with Gasteiger partial charge in [0.05, 0.1) is 19.1 Å². The number of esters is 2. The number of aldehydes is 1. The van der Waals surface area contributed by atoms with E-state index < -0.39 is 29.2 Å². The van der Waals surface area contributed by atoms with Crippen LogP contribution >= 0.6 is 0 Å². The monoisotopic (exact) mass is 316 g/mol. The second kappa shape index (κ2) is 7.22. The standard InChI is InChI=1S/C18H20O5/c1-3-22-16(20)18(17(21)23-4-2)14(15(18)12-19)11-10-13-8-6-5-7-9-13/h5-12,14-15H,3-4H2,1-2H3/b11-10+. The quantitative estimate of drug-likeness (QED) is 0.438. The van der Waals surface area contributed by atoms with Crippen molar-refractivity contribution in [3.05, 3.63) is 42.0 Å². The molecule has 0 radical (unpaired) electrons. The Kier molecular flexibility index (Phi) is 5.32. The fourth-order valence-corrected chi connectivity index (χ4v) is 2.81. The minimum atomic E-state index is -1.54. The smallest absolute Gasteiger partial charge is 0.324 e. The summed E-state index contributed by atoms with van der Waals surface area (Å²) in [5.74, 6) is -2.68. The van der Waals surface area contributed by atoms with E-state index in [1.807, 2.05) is 30.3 Å². The number of carbonyl (C=O) groups excluding carboxylic acids is 3. The molecule has 5 nitrogen and oxygen atoms in total. The van der Waals surface area contributed by atoms with Gasteiger partial charge in [0, 0.05) is 5.92 Å². The molecule has 0 spiro atoms. The van der Waals surface area contributed by atoms with Gasteiger partial charge in [-0.1, -0.05) is 42.5 Å². The maximum absolute atomic E-state index is 12.3. The maximum Gasteiger partial charge on any atom is 0.324 e. The van der Waals surface area contributed by atoms with Crippen LogP contribution in [0.2, 0.25) is 0 Å². The summed E-state index contributed by atoms with van der Waals surface area (Å²) in [5.41, 5.74) is -0.621. The molecule has 1 fully saturated rings. The predicted molar refractivity (Wildman–Crippen MR) is 84.2 cm³/mol. The highest BCUT2D eigenvalue weighted by atomic mass is 16.6. The van der Waals surface area contributed by atoms with E-state index in [1.165, 1.54) is 0 Å². The largest absolute Gasteiger partial charge is 0.465 e. The van der Waals surface area contributed by atoms with Gasteiger partial charge in [-0.2, -0.15) is 0 Å². The van der Waals surface area contributed by atoms with E-state index in [0.717, 1.165) is 5.56 Å². The molecule has 1 aliphatic carbocycles. The molecule has 0 aromatic heterocycles. The van der Waals surface area contributed by atoms with Gasteiger partial charge in [-0.3, -0.25) is 9.59 Å². The number of benzene rings is 1. The molecule has 1 aliphatic rings. The lowest BCUT2D eigenvalue weighted by Gasteiger charge is -2.14. The van der Waals surface area contributed by atoms with Crippen molar-refractivity contribution in [3.8, 4) is 0 Å². The van der Waals surface area contributed by atoms with Crippen molar-refractivity contribution in [1.29, 1.82) is 0 Å². The molecule has 122 valence electrons. The number of ether oxygens (including phenoxy) is 2. The molecule has 23 heavy (non-hydrogen) atoms. The normalized spacial score (nSPS) is 21.7. The molecule has 0 bridgehead atoms. The fourth-order valence-electron chi connectivity index (χ4n) is 2.81. The summed E-state index contributed by atoms with van der Waals surface area (Å²) in [6, 6.07) is 9.45. The first-order valence-electron chi connectivity index (χ1n) is 7.65. The summed E-state index contributed by atoms with van der Waals surface area (Å²) in [6.07, 6.45) is 4.14. The number of rotatable bonds is 7. The molecule has 0 amide bonds. The summed E-state index contributed by atoms with van der Waals surface area (Å²) in [6.45, 7) is 3.59. The summed E-state index contributed by atoms with van der Waals surface area (Å²) in [7, 11) is 0. The van der Waals surface area contributed by atoms with Crippen LogP contribution in [0.25, 0.3) is 6.08 Å². The van der Waals surface area contributed by atoms with E-state index >= 15 is 0 Å². The Balaban J connectivity index is 2.30. The third kappa shape index (κ3) is 3.04. The van der Waals surface area contributed by atoms with Crippen molar-refractivity contribution in [2.24, 2.45) is 17.3 Å². The van der Waals surface area contributed by atoms with Crippen molar-refractivity contribution < 1.29 is 23.9 Å². The van der Waals surface area contributed by atoms with Gasteiger partial charge in [0.2, 0.25) is 0 Å². The molecule has 0 saturated heterocycles. The average molecular weight is 316 g/mol. The van der Waals surface area contributed by atoms with Crippen molar-refractivity contribution in [3.63, 3.8) is 0 Å². The van der Waals surface area contributed by atoms with Crippen LogP contribution in [0.1, 0.15) is 19.4 Å². The second-order valence-corrected chi connectivity index (χ2v) is 5.27. The van der Waals surface area contributed by atoms with Crippen molar-refractivity contribution in [1.82, 2.24) is 0 Å². The molecule has 5 heteroatoms. The first-order valence-corrected chi connectivity index (χ1v) is 7.65. The number of hydrogen-bond donors (Lipinski definition) is 0. The Labute approximate surface area is 135 Å². The Morgan fingerprint density at radius 3 is 2.09 bits per heavy atom. The summed E-state index contributed by atoms with van der Waals surface area (Å²) < 4.78 is 10.0. The fraction of sp³-hybridized carbons (Fsp3) is 0.389. The summed E-state index contributed by atoms with van der Waals surface area (Å²) in [4.78, 5) is 36.0. The number of hydrogen-bond acceptors (Lipinski definition) is 5. The van der Waals surface area contributed by atoms with Gasteiger partial charge in [0.1, 0.15) is 6.29 Å². The molecule has 2 unspecified atom stereocenters. The maximum atomic E-state index is 12.3. The van der Waals surface area contributed by atoms with Crippen LogP contribution in [-0.4, -0.2) is 31.4 Å². The van der Waals surface area contributed by atoms with E-state index in [4.69, 9.17) is 9.47 Å². The highest BCUT2D eigenvalue weighted by Crippen LogP contribution is 2.60. The van der Waals surface area contributed by atoms with E-state index in [9.17, 15) is 14.4 Å². The van der Waals surface area contributed by atoms with Gasteiger partial charge in [0.15, 0.2) is 5.41 Å². The highest BCUT2D eigenvalue weighted by molar-refractivity contribution is 6.08. The van der Waals surface area contributed by atoms with Gasteiger partial charge >= 0.3 is 11.9 Å². The van der Waals surface area contributed by atoms with Crippen molar-refractivity contribution >= 4 is 24.3 Å². The zero-order valence-electron chi connectivity index (χ0n) is 13.2. The molecule has 1 saturated carbocycles. The van der Waals surface area contributed by atoms with Gasteiger partial charge in [-0.15, -0.1) is 0 Å². The van der Waals surface area contributed by atoms with Crippen LogP contribution in [0.5, 0.6) is 0 Å². The Morgan fingerprint density at radius 1 is 1.04 bits per heavy atom. The minimum Gasteiger partial charge on any atom is -0.465 e. The molecule has 0 N–H and O–H groups in total. The van der Waals surface area contributed by atoms with Crippen LogP contribution in [0, 0.1) is 17.3 Å². The Bertz CT molecular complexity index is 587. The molecule has 1 aromatic carbocycles. The van der Waals surface area contributed by atoms with Crippen LogP contribution in [0.4, 0.5) is 0 Å². The van der Waals surface area contributed by atoms with Crippen molar-refractivity contribution in [2.75, 3.05) is 13.2 Å².